The molecule has 2 aromatic carbocycles. The van der Waals surface area contributed by atoms with Crippen molar-refractivity contribution in [3.63, 3.8) is 0 Å². The van der Waals surface area contributed by atoms with E-state index >= 15 is 0 Å². The second-order valence-electron chi connectivity index (χ2n) is 7.01. The third-order valence-corrected chi connectivity index (χ3v) is 5.04. The monoisotopic (exact) mass is 402 g/mol. The highest BCUT2D eigenvalue weighted by Gasteiger charge is 2.18. The zero-order valence-electron chi connectivity index (χ0n) is 15.6. The standard InChI is InChI=1S/C21H24ClFN4O/c1-12(17(24)8-9-20(22)25)26-21(28)19-11-15-3-2-14(10-18(15)27-19)13-4-6-16(23)7-5-13/h2-7,10-12,17,20,27H,8-9,24-25H2,1H3,(H,26,28)/t12?,17-,20?/m0/s1. The van der Waals surface area contributed by atoms with Crippen LogP contribution in [-0.2, 0) is 0 Å². The van der Waals surface area contributed by atoms with Gasteiger partial charge in [-0.3, -0.25) is 4.79 Å². The maximum absolute atomic E-state index is 13.1. The first-order valence-corrected chi connectivity index (χ1v) is 9.62. The van der Waals surface area contributed by atoms with Crippen molar-refractivity contribution < 1.29 is 9.18 Å². The first-order chi connectivity index (χ1) is 13.3. The summed E-state index contributed by atoms with van der Waals surface area (Å²) in [5.74, 6) is -0.498. The van der Waals surface area contributed by atoms with E-state index in [4.69, 9.17) is 23.1 Å². The van der Waals surface area contributed by atoms with Crippen molar-refractivity contribution >= 4 is 28.4 Å². The van der Waals surface area contributed by atoms with Gasteiger partial charge in [-0.2, -0.15) is 0 Å². The molecule has 1 aromatic heterocycles. The van der Waals surface area contributed by atoms with E-state index < -0.39 is 5.50 Å². The summed E-state index contributed by atoms with van der Waals surface area (Å²) in [5, 5.41) is 3.83. The van der Waals surface area contributed by atoms with Crippen LogP contribution in [0.3, 0.4) is 0 Å². The van der Waals surface area contributed by atoms with Crippen LogP contribution < -0.4 is 16.8 Å². The highest BCUT2D eigenvalue weighted by atomic mass is 35.5. The van der Waals surface area contributed by atoms with E-state index in [1.165, 1.54) is 12.1 Å². The Labute approximate surface area is 168 Å². The first kappa shape index (κ1) is 20.3. The van der Waals surface area contributed by atoms with Crippen LogP contribution in [0.15, 0.2) is 48.5 Å². The molecule has 0 radical (unpaired) electrons. The Morgan fingerprint density at radius 3 is 2.46 bits per heavy atom. The number of H-pyrrole nitrogens is 1. The molecule has 1 heterocycles. The highest BCUT2D eigenvalue weighted by molar-refractivity contribution is 6.20. The lowest BCUT2D eigenvalue weighted by molar-refractivity contribution is 0.0929. The molecule has 6 N–H and O–H groups in total. The molecule has 5 nitrogen and oxygen atoms in total. The van der Waals surface area contributed by atoms with Crippen molar-refractivity contribution in [2.75, 3.05) is 0 Å². The number of carbonyl (C=O) groups excluding carboxylic acids is 1. The maximum atomic E-state index is 13.1. The summed E-state index contributed by atoms with van der Waals surface area (Å²) < 4.78 is 13.1. The van der Waals surface area contributed by atoms with Crippen LogP contribution in [0.4, 0.5) is 4.39 Å². The predicted octanol–water partition coefficient (Wildman–Crippen LogP) is 3.72. The SMILES string of the molecule is CC(NC(=O)c1cc2ccc(-c3ccc(F)cc3)cc2[nH]1)[C@@H](N)CCC(N)Cl. The van der Waals surface area contributed by atoms with Gasteiger partial charge in [-0.25, -0.2) is 4.39 Å². The van der Waals surface area contributed by atoms with Crippen LogP contribution in [0.5, 0.6) is 0 Å². The number of nitrogens with one attached hydrogen (secondary N) is 2. The van der Waals surface area contributed by atoms with E-state index in [1.54, 1.807) is 18.2 Å². The number of aromatic amines is 1. The summed E-state index contributed by atoms with van der Waals surface area (Å²) in [6.45, 7) is 1.86. The van der Waals surface area contributed by atoms with Crippen molar-refractivity contribution in [2.45, 2.75) is 37.4 Å². The smallest absolute Gasteiger partial charge is 0.267 e. The Balaban J connectivity index is 1.73. The minimum absolute atomic E-state index is 0.218. The third-order valence-electron chi connectivity index (χ3n) is 4.82. The number of nitrogens with two attached hydrogens (primary N) is 2. The number of carbonyl (C=O) groups is 1. The van der Waals surface area contributed by atoms with Crippen LogP contribution in [0.25, 0.3) is 22.0 Å². The van der Waals surface area contributed by atoms with E-state index in [2.05, 4.69) is 10.3 Å². The Bertz CT molecular complexity index is 955. The van der Waals surface area contributed by atoms with Gasteiger partial charge >= 0.3 is 0 Å². The molecule has 1 amide bonds. The summed E-state index contributed by atoms with van der Waals surface area (Å²) in [5.41, 5.74) is 14.3. The molecule has 0 aliphatic carbocycles. The largest absolute Gasteiger partial charge is 0.351 e. The second kappa shape index (κ2) is 8.73. The van der Waals surface area contributed by atoms with Crippen molar-refractivity contribution in [3.05, 3.63) is 60.0 Å². The summed E-state index contributed by atoms with van der Waals surface area (Å²) in [6.07, 6.45) is 1.21. The Morgan fingerprint density at radius 2 is 1.79 bits per heavy atom. The molecule has 2 unspecified atom stereocenters. The summed E-state index contributed by atoms with van der Waals surface area (Å²) >= 11 is 5.75. The third kappa shape index (κ3) is 4.90. The number of aromatic nitrogens is 1. The minimum Gasteiger partial charge on any atom is -0.351 e. The van der Waals surface area contributed by atoms with E-state index in [1.807, 2.05) is 25.1 Å². The number of hydrogen-bond donors (Lipinski definition) is 4. The Hall–Kier alpha value is -2.41. The molecule has 3 rings (SSSR count). The molecular weight excluding hydrogens is 379 g/mol. The summed E-state index contributed by atoms with van der Waals surface area (Å²) in [4.78, 5) is 15.7. The molecular formula is C21H24ClFN4O. The van der Waals surface area contributed by atoms with E-state index in [-0.39, 0.29) is 23.8 Å². The second-order valence-corrected chi connectivity index (χ2v) is 7.57. The van der Waals surface area contributed by atoms with Gasteiger partial charge in [0.2, 0.25) is 0 Å². The molecule has 0 saturated carbocycles. The summed E-state index contributed by atoms with van der Waals surface area (Å²) in [7, 11) is 0. The fourth-order valence-corrected chi connectivity index (χ4v) is 3.19. The van der Waals surface area contributed by atoms with Crippen molar-refractivity contribution in [3.8, 4) is 11.1 Å². The van der Waals surface area contributed by atoms with Gasteiger partial charge < -0.3 is 21.8 Å². The van der Waals surface area contributed by atoms with Crippen molar-refractivity contribution in [1.82, 2.24) is 10.3 Å². The fraction of sp³-hybridized carbons (Fsp3) is 0.286. The molecule has 3 atom stereocenters. The lowest BCUT2D eigenvalue weighted by Gasteiger charge is -2.21. The molecule has 0 aliphatic rings. The number of rotatable bonds is 7. The number of benzene rings is 2. The van der Waals surface area contributed by atoms with E-state index in [9.17, 15) is 9.18 Å². The zero-order valence-corrected chi connectivity index (χ0v) is 16.3. The molecule has 0 fully saturated rings. The quantitative estimate of drug-likeness (QED) is 0.358. The van der Waals surface area contributed by atoms with Crippen molar-refractivity contribution in [1.29, 1.82) is 0 Å². The van der Waals surface area contributed by atoms with Gasteiger partial charge in [0.25, 0.3) is 5.91 Å². The summed E-state index contributed by atoms with van der Waals surface area (Å²) in [6, 6.07) is 13.5. The number of hydrogen-bond acceptors (Lipinski definition) is 3. The number of halogens is 2. The van der Waals surface area contributed by atoms with Gasteiger partial charge in [0, 0.05) is 23.0 Å². The molecule has 0 spiro atoms. The zero-order chi connectivity index (χ0) is 20.3. The molecule has 0 saturated heterocycles. The van der Waals surface area contributed by atoms with Crippen LogP contribution in [-0.4, -0.2) is 28.5 Å². The van der Waals surface area contributed by atoms with Crippen LogP contribution in [0.1, 0.15) is 30.3 Å². The topological polar surface area (TPSA) is 96.9 Å². The van der Waals surface area contributed by atoms with E-state index in [0.717, 1.165) is 22.0 Å². The minimum atomic E-state index is -0.432. The molecule has 0 bridgehead atoms. The molecule has 0 aliphatic heterocycles. The molecule has 7 heteroatoms. The van der Waals surface area contributed by atoms with Crippen LogP contribution in [0.2, 0.25) is 0 Å². The fourth-order valence-electron chi connectivity index (χ4n) is 3.06. The van der Waals surface area contributed by atoms with Gasteiger partial charge in [-0.15, -0.1) is 11.6 Å². The normalized spacial score (nSPS) is 14.6. The molecule has 3 aromatic rings. The van der Waals surface area contributed by atoms with Crippen molar-refractivity contribution in [2.24, 2.45) is 11.5 Å². The molecule has 28 heavy (non-hydrogen) atoms. The van der Waals surface area contributed by atoms with Gasteiger partial charge in [0.05, 0.1) is 5.50 Å². The Morgan fingerprint density at radius 1 is 1.11 bits per heavy atom. The Kier molecular flexibility index (Phi) is 6.34. The number of amides is 1. The van der Waals surface area contributed by atoms with Gasteiger partial charge in [-0.1, -0.05) is 24.3 Å². The van der Waals surface area contributed by atoms with E-state index in [0.29, 0.717) is 18.5 Å². The van der Waals surface area contributed by atoms with Gasteiger partial charge in [0.15, 0.2) is 0 Å². The predicted molar refractivity (Wildman–Crippen MR) is 112 cm³/mol. The number of fused-ring (bicyclic) bond motifs is 1. The van der Waals surface area contributed by atoms with Crippen LogP contribution >= 0.6 is 11.6 Å². The average molecular weight is 403 g/mol. The lowest BCUT2D eigenvalue weighted by Crippen LogP contribution is -2.46. The highest BCUT2D eigenvalue weighted by Crippen LogP contribution is 2.25. The molecule has 148 valence electrons. The number of alkyl halides is 1. The first-order valence-electron chi connectivity index (χ1n) is 9.18. The average Bonchev–Trinajstić information content (AvgIpc) is 3.10. The van der Waals surface area contributed by atoms with Gasteiger partial charge in [0.1, 0.15) is 11.5 Å². The lowest BCUT2D eigenvalue weighted by atomic mass is 10.0. The maximum Gasteiger partial charge on any atom is 0.267 e. The van der Waals surface area contributed by atoms with Crippen LogP contribution in [0, 0.1) is 5.82 Å². The van der Waals surface area contributed by atoms with Gasteiger partial charge in [-0.05, 0) is 55.2 Å².